The summed E-state index contributed by atoms with van der Waals surface area (Å²) in [5.74, 6) is -0.897. The second kappa shape index (κ2) is 8.04. The van der Waals surface area contributed by atoms with E-state index in [0.717, 1.165) is 55.4 Å². The number of rotatable bonds is 6. The molecule has 4 aliphatic rings. The van der Waals surface area contributed by atoms with Crippen molar-refractivity contribution in [2.75, 3.05) is 13.1 Å². The van der Waals surface area contributed by atoms with Gasteiger partial charge < -0.3 is 11.5 Å². The summed E-state index contributed by atoms with van der Waals surface area (Å²) in [6.45, 7) is 2.64. The van der Waals surface area contributed by atoms with Crippen molar-refractivity contribution in [1.82, 2.24) is 4.90 Å². The molecule has 182 valence electrons. The first-order valence-electron chi connectivity index (χ1n) is 12.7. The van der Waals surface area contributed by atoms with Gasteiger partial charge in [0.05, 0.1) is 10.8 Å². The highest BCUT2D eigenvalue weighted by molar-refractivity contribution is 9.10. The molecule has 6 rings (SSSR count). The zero-order chi connectivity index (χ0) is 24.4. The largest absolute Gasteiger partial charge is 0.369 e. The summed E-state index contributed by atoms with van der Waals surface area (Å²) in [4.78, 5) is 30.0. The maximum Gasteiger partial charge on any atom is 0.229 e. The van der Waals surface area contributed by atoms with Gasteiger partial charge in [0.1, 0.15) is 0 Å². The van der Waals surface area contributed by atoms with Crippen molar-refractivity contribution >= 4 is 27.7 Å². The van der Waals surface area contributed by atoms with E-state index >= 15 is 0 Å². The van der Waals surface area contributed by atoms with Crippen LogP contribution in [0.2, 0.25) is 0 Å². The Morgan fingerprint density at radius 1 is 0.886 bits per heavy atom. The lowest BCUT2D eigenvalue weighted by molar-refractivity contribution is -0.150. The first-order chi connectivity index (χ1) is 16.9. The minimum absolute atomic E-state index is 0.000551. The number of likely N-dealkylation sites (tertiary alicyclic amines) is 1. The minimum Gasteiger partial charge on any atom is -0.369 e. The third-order valence-corrected chi connectivity index (χ3v) is 10.3. The number of amides is 2. The molecule has 2 bridgehead atoms. The number of halogens is 1. The normalized spacial score (nSPS) is 33.3. The number of carbonyl (C=O) groups excluding carboxylic acids is 2. The number of carbonyl (C=O) groups is 2. The van der Waals surface area contributed by atoms with Crippen LogP contribution >= 0.6 is 15.9 Å². The molecule has 3 fully saturated rings. The summed E-state index contributed by atoms with van der Waals surface area (Å²) in [5, 5.41) is 0. The Balaban J connectivity index is 1.43. The van der Waals surface area contributed by atoms with E-state index in [-0.39, 0.29) is 29.1 Å². The molecule has 2 amide bonds. The molecular weight excluding hydrogens is 502 g/mol. The highest BCUT2D eigenvalue weighted by Crippen LogP contribution is 2.81. The highest BCUT2D eigenvalue weighted by Gasteiger charge is 2.84. The molecule has 0 unspecified atom stereocenters. The molecule has 5 nitrogen and oxygen atoms in total. The highest BCUT2D eigenvalue weighted by atomic mass is 79.9. The number of hydrogen-bond acceptors (Lipinski definition) is 3. The fraction of sp³-hybridized carbons (Fsp3) is 0.448. The van der Waals surface area contributed by atoms with Gasteiger partial charge in [-0.1, -0.05) is 70.5 Å². The fourth-order valence-corrected chi connectivity index (χ4v) is 8.66. The number of benzene rings is 2. The van der Waals surface area contributed by atoms with Crippen LogP contribution in [0.25, 0.3) is 0 Å². The molecule has 1 spiro atoms. The Morgan fingerprint density at radius 3 is 2.09 bits per heavy atom. The average molecular weight is 534 g/mol. The van der Waals surface area contributed by atoms with Gasteiger partial charge in [0.2, 0.25) is 11.8 Å². The lowest BCUT2D eigenvalue weighted by Crippen LogP contribution is -2.66. The van der Waals surface area contributed by atoms with E-state index in [2.05, 4.69) is 57.2 Å². The Morgan fingerprint density at radius 2 is 1.51 bits per heavy atom. The van der Waals surface area contributed by atoms with Crippen LogP contribution in [0.4, 0.5) is 0 Å². The fourth-order valence-electron chi connectivity index (χ4n) is 8.39. The zero-order valence-corrected chi connectivity index (χ0v) is 21.4. The van der Waals surface area contributed by atoms with E-state index in [4.69, 9.17) is 11.5 Å². The number of nitrogens with two attached hydrogens (primary N) is 2. The van der Waals surface area contributed by atoms with Crippen molar-refractivity contribution in [2.45, 2.75) is 37.6 Å². The smallest absolute Gasteiger partial charge is 0.229 e. The summed E-state index contributed by atoms with van der Waals surface area (Å²) in [5.41, 5.74) is 12.7. The molecule has 1 heterocycles. The van der Waals surface area contributed by atoms with Gasteiger partial charge in [-0.15, -0.1) is 0 Å². The van der Waals surface area contributed by atoms with E-state index < -0.39 is 16.7 Å². The lowest BCUT2D eigenvalue weighted by Gasteiger charge is -2.53. The summed E-state index contributed by atoms with van der Waals surface area (Å²) in [7, 11) is 0. The topological polar surface area (TPSA) is 89.4 Å². The molecular formula is C29H32BrN3O2. The lowest BCUT2D eigenvalue weighted by atomic mass is 9.48. The van der Waals surface area contributed by atoms with E-state index in [1.165, 1.54) is 5.56 Å². The van der Waals surface area contributed by atoms with Crippen molar-refractivity contribution in [1.29, 1.82) is 0 Å². The predicted molar refractivity (Wildman–Crippen MR) is 139 cm³/mol. The van der Waals surface area contributed by atoms with Crippen molar-refractivity contribution in [2.24, 2.45) is 40.1 Å². The van der Waals surface area contributed by atoms with Gasteiger partial charge in [-0.2, -0.15) is 0 Å². The molecule has 1 saturated heterocycles. The van der Waals surface area contributed by atoms with Crippen LogP contribution in [0.3, 0.4) is 0 Å². The van der Waals surface area contributed by atoms with Crippen LogP contribution in [-0.4, -0.2) is 29.8 Å². The standard InChI is InChI=1S/C29H32BrN3O2/c30-22-8-6-20(7-9-22)28(25(31)34)23-10-11-24(27(23)14-15-27)29(28,26(32)35)21-12-16-33(17-13-21)18-19-4-2-1-3-5-19/h1-11,21,23-24H,12-18H2,(H2,31,34)(H2,32,35)/t23-,24+,28+,29-/m0/s1. The zero-order valence-electron chi connectivity index (χ0n) is 19.8. The second-order valence-electron chi connectivity index (χ2n) is 11.0. The molecule has 6 heteroatoms. The van der Waals surface area contributed by atoms with Crippen molar-refractivity contribution in [3.05, 3.63) is 82.3 Å². The van der Waals surface area contributed by atoms with Crippen LogP contribution in [0.15, 0.2) is 71.2 Å². The Kier molecular flexibility index (Phi) is 5.28. The Hall–Kier alpha value is -2.44. The number of piperidine rings is 1. The van der Waals surface area contributed by atoms with Crippen LogP contribution in [0.5, 0.6) is 0 Å². The van der Waals surface area contributed by atoms with E-state index in [0.29, 0.717) is 0 Å². The molecule has 3 aliphatic carbocycles. The molecule has 4 N–H and O–H groups in total. The van der Waals surface area contributed by atoms with Crippen LogP contribution in [0, 0.1) is 28.6 Å². The molecule has 0 aromatic heterocycles. The summed E-state index contributed by atoms with van der Waals surface area (Å²) in [6, 6.07) is 18.3. The van der Waals surface area contributed by atoms with Gasteiger partial charge in [-0.3, -0.25) is 14.5 Å². The van der Waals surface area contributed by atoms with E-state index in [9.17, 15) is 9.59 Å². The average Bonchev–Trinajstić information content (AvgIpc) is 3.52. The van der Waals surface area contributed by atoms with Crippen molar-refractivity contribution < 1.29 is 9.59 Å². The molecule has 2 aromatic carbocycles. The summed E-state index contributed by atoms with van der Waals surface area (Å²) < 4.78 is 0.930. The van der Waals surface area contributed by atoms with Gasteiger partial charge >= 0.3 is 0 Å². The van der Waals surface area contributed by atoms with E-state index in [1.54, 1.807) is 0 Å². The first kappa shape index (κ1) is 23.0. The number of hydrogen-bond donors (Lipinski definition) is 2. The predicted octanol–water partition coefficient (Wildman–Crippen LogP) is 4.15. The second-order valence-corrected chi connectivity index (χ2v) is 11.9. The van der Waals surface area contributed by atoms with Crippen molar-refractivity contribution in [3.63, 3.8) is 0 Å². The maximum atomic E-state index is 13.8. The molecule has 1 aliphatic heterocycles. The molecule has 2 aromatic rings. The number of primary amides is 2. The van der Waals surface area contributed by atoms with Gasteiger partial charge in [0.15, 0.2) is 0 Å². The molecule has 35 heavy (non-hydrogen) atoms. The quantitative estimate of drug-likeness (QED) is 0.546. The Labute approximate surface area is 215 Å². The summed E-state index contributed by atoms with van der Waals surface area (Å²) >= 11 is 3.52. The van der Waals surface area contributed by atoms with Gasteiger partial charge in [-0.25, -0.2) is 0 Å². The van der Waals surface area contributed by atoms with Crippen LogP contribution < -0.4 is 11.5 Å². The summed E-state index contributed by atoms with van der Waals surface area (Å²) in [6.07, 6.45) is 8.07. The minimum atomic E-state index is -1.12. The SMILES string of the molecule is NC(=O)[C@]1(C2CCN(Cc3ccccc3)CC2)[C@@H]2C=C[C@@H](C23CC3)[C@@]1(C(N)=O)c1ccc(Br)cc1. The number of nitrogens with zero attached hydrogens (tertiary/aromatic N) is 1. The third-order valence-electron chi connectivity index (χ3n) is 9.75. The molecule has 0 radical (unpaired) electrons. The van der Waals surface area contributed by atoms with Crippen molar-refractivity contribution in [3.8, 4) is 0 Å². The molecule has 4 atom stereocenters. The van der Waals surface area contributed by atoms with E-state index in [1.807, 2.05) is 30.3 Å². The van der Waals surface area contributed by atoms with Crippen LogP contribution in [-0.2, 0) is 21.5 Å². The first-order valence-corrected chi connectivity index (χ1v) is 13.5. The van der Waals surface area contributed by atoms with Gasteiger partial charge in [-0.05, 0) is 79.3 Å². The Bertz CT molecular complexity index is 1180. The maximum absolute atomic E-state index is 13.8. The number of allylic oxidation sites excluding steroid dienone is 2. The van der Waals surface area contributed by atoms with Crippen LogP contribution in [0.1, 0.15) is 36.8 Å². The van der Waals surface area contributed by atoms with Gasteiger partial charge in [0.25, 0.3) is 0 Å². The van der Waals surface area contributed by atoms with Gasteiger partial charge in [0, 0.05) is 16.9 Å². The monoisotopic (exact) mass is 533 g/mol. The molecule has 2 saturated carbocycles. The third kappa shape index (κ3) is 2.96.